The lowest BCUT2D eigenvalue weighted by atomic mass is 10.2. The van der Waals surface area contributed by atoms with Crippen LogP contribution in [-0.4, -0.2) is 12.6 Å². The summed E-state index contributed by atoms with van der Waals surface area (Å²) in [5, 5.41) is 3.71. The Bertz CT molecular complexity index is 539. The predicted molar refractivity (Wildman–Crippen MR) is 69.8 cm³/mol. The SMILES string of the molecule is O=CN/N=C/c1cccc(Oc2ccccc2)c1. The lowest BCUT2D eigenvalue weighted by molar-refractivity contribution is -0.109. The third-order valence-corrected chi connectivity index (χ3v) is 2.18. The highest BCUT2D eigenvalue weighted by atomic mass is 16.5. The van der Waals surface area contributed by atoms with E-state index in [2.05, 4.69) is 10.5 Å². The first kappa shape index (κ1) is 11.9. The van der Waals surface area contributed by atoms with Crippen LogP contribution in [0.2, 0.25) is 0 Å². The first-order chi connectivity index (χ1) is 8.88. The molecule has 0 aromatic heterocycles. The molecule has 90 valence electrons. The molecule has 0 spiro atoms. The van der Waals surface area contributed by atoms with Gasteiger partial charge in [0.05, 0.1) is 6.21 Å². The summed E-state index contributed by atoms with van der Waals surface area (Å²) in [7, 11) is 0. The summed E-state index contributed by atoms with van der Waals surface area (Å²) in [6, 6.07) is 16.9. The Hall–Kier alpha value is -2.62. The van der Waals surface area contributed by atoms with E-state index in [-0.39, 0.29) is 0 Å². The van der Waals surface area contributed by atoms with E-state index < -0.39 is 0 Å². The fraction of sp³-hybridized carbons (Fsp3) is 0. The molecule has 0 bridgehead atoms. The highest BCUT2D eigenvalue weighted by Gasteiger charge is 1.97. The smallest absolute Gasteiger partial charge is 0.227 e. The minimum absolute atomic E-state index is 0.515. The average molecular weight is 240 g/mol. The highest BCUT2D eigenvalue weighted by Crippen LogP contribution is 2.21. The Labute approximate surface area is 105 Å². The first-order valence-electron chi connectivity index (χ1n) is 5.44. The molecule has 0 fully saturated rings. The van der Waals surface area contributed by atoms with Crippen molar-refractivity contribution in [3.63, 3.8) is 0 Å². The molecule has 1 N–H and O–H groups in total. The van der Waals surface area contributed by atoms with Gasteiger partial charge in [0.15, 0.2) is 0 Å². The summed E-state index contributed by atoms with van der Waals surface area (Å²) in [5.74, 6) is 1.49. The van der Waals surface area contributed by atoms with Gasteiger partial charge in [-0.05, 0) is 29.8 Å². The predicted octanol–water partition coefficient (Wildman–Crippen LogP) is 2.56. The van der Waals surface area contributed by atoms with Crippen molar-refractivity contribution in [2.24, 2.45) is 5.10 Å². The monoisotopic (exact) mass is 240 g/mol. The number of para-hydroxylation sites is 1. The van der Waals surface area contributed by atoms with Gasteiger partial charge in [0.1, 0.15) is 11.5 Å². The topological polar surface area (TPSA) is 50.7 Å². The largest absolute Gasteiger partial charge is 0.457 e. The van der Waals surface area contributed by atoms with Crippen LogP contribution in [0.15, 0.2) is 59.7 Å². The lowest BCUT2D eigenvalue weighted by Crippen LogP contribution is -2.00. The molecule has 0 radical (unpaired) electrons. The Balaban J connectivity index is 2.10. The van der Waals surface area contributed by atoms with Gasteiger partial charge in [-0.2, -0.15) is 5.10 Å². The van der Waals surface area contributed by atoms with Crippen molar-refractivity contribution < 1.29 is 9.53 Å². The maximum atomic E-state index is 10.1. The van der Waals surface area contributed by atoms with Crippen LogP contribution < -0.4 is 10.2 Å². The minimum atomic E-state index is 0.515. The van der Waals surface area contributed by atoms with Gasteiger partial charge in [0, 0.05) is 0 Å². The van der Waals surface area contributed by atoms with Crippen molar-refractivity contribution >= 4 is 12.6 Å². The molecule has 0 aliphatic carbocycles. The van der Waals surface area contributed by atoms with Crippen molar-refractivity contribution in [2.45, 2.75) is 0 Å². The minimum Gasteiger partial charge on any atom is -0.457 e. The van der Waals surface area contributed by atoms with E-state index in [4.69, 9.17) is 4.74 Å². The number of benzene rings is 2. The molecule has 0 aliphatic rings. The highest BCUT2D eigenvalue weighted by molar-refractivity contribution is 5.80. The molecule has 0 saturated heterocycles. The lowest BCUT2D eigenvalue weighted by Gasteiger charge is -2.05. The number of hydrogen-bond acceptors (Lipinski definition) is 3. The molecular formula is C14H12N2O2. The van der Waals surface area contributed by atoms with Gasteiger partial charge in [0.2, 0.25) is 6.41 Å². The van der Waals surface area contributed by atoms with Crippen molar-refractivity contribution in [1.29, 1.82) is 0 Å². The molecular weight excluding hydrogens is 228 g/mol. The van der Waals surface area contributed by atoms with E-state index in [0.29, 0.717) is 6.41 Å². The van der Waals surface area contributed by atoms with Gasteiger partial charge in [-0.15, -0.1) is 0 Å². The van der Waals surface area contributed by atoms with Crippen LogP contribution in [0, 0.1) is 0 Å². The number of carbonyl (C=O) groups excluding carboxylic acids is 1. The molecule has 2 rings (SSSR count). The second-order valence-electron chi connectivity index (χ2n) is 3.49. The number of hydrogen-bond donors (Lipinski definition) is 1. The van der Waals surface area contributed by atoms with Gasteiger partial charge in [-0.1, -0.05) is 30.3 Å². The van der Waals surface area contributed by atoms with E-state index in [9.17, 15) is 4.79 Å². The first-order valence-corrected chi connectivity index (χ1v) is 5.44. The number of ether oxygens (including phenoxy) is 1. The van der Waals surface area contributed by atoms with E-state index in [1.165, 1.54) is 0 Å². The van der Waals surface area contributed by atoms with Crippen LogP contribution in [0.3, 0.4) is 0 Å². The maximum absolute atomic E-state index is 10.1. The zero-order chi connectivity index (χ0) is 12.6. The molecule has 0 saturated carbocycles. The summed E-state index contributed by atoms with van der Waals surface area (Å²) in [5.41, 5.74) is 3.06. The number of nitrogens with zero attached hydrogens (tertiary/aromatic N) is 1. The standard InChI is InChI=1S/C14H12N2O2/c17-11-16-15-10-12-5-4-8-14(9-12)18-13-6-2-1-3-7-13/h1-11H,(H,16,17)/b15-10+. The second-order valence-corrected chi connectivity index (χ2v) is 3.49. The zero-order valence-corrected chi connectivity index (χ0v) is 9.61. The molecule has 18 heavy (non-hydrogen) atoms. The molecule has 4 nitrogen and oxygen atoms in total. The summed E-state index contributed by atoms with van der Waals surface area (Å²) in [6.07, 6.45) is 2.06. The van der Waals surface area contributed by atoms with Crippen LogP contribution in [0.25, 0.3) is 0 Å². The summed E-state index contributed by atoms with van der Waals surface area (Å²) in [4.78, 5) is 10.1. The molecule has 2 aromatic rings. The van der Waals surface area contributed by atoms with E-state index in [1.54, 1.807) is 6.21 Å². The Kier molecular flexibility index (Phi) is 4.08. The Morgan fingerprint density at radius 2 is 1.78 bits per heavy atom. The van der Waals surface area contributed by atoms with Crippen LogP contribution in [-0.2, 0) is 4.79 Å². The number of nitrogens with one attached hydrogen (secondary N) is 1. The van der Waals surface area contributed by atoms with Crippen LogP contribution in [0.1, 0.15) is 5.56 Å². The molecule has 0 heterocycles. The van der Waals surface area contributed by atoms with Crippen LogP contribution in [0.5, 0.6) is 11.5 Å². The maximum Gasteiger partial charge on any atom is 0.227 e. The fourth-order valence-electron chi connectivity index (χ4n) is 1.43. The van der Waals surface area contributed by atoms with E-state index >= 15 is 0 Å². The number of hydrazone groups is 1. The van der Waals surface area contributed by atoms with Crippen molar-refractivity contribution in [3.05, 3.63) is 60.2 Å². The second kappa shape index (κ2) is 6.20. The molecule has 4 heteroatoms. The fourth-order valence-corrected chi connectivity index (χ4v) is 1.43. The van der Waals surface area contributed by atoms with Crippen molar-refractivity contribution in [3.8, 4) is 11.5 Å². The van der Waals surface area contributed by atoms with Gasteiger partial charge in [-0.3, -0.25) is 4.79 Å². The number of amides is 1. The molecule has 0 aliphatic heterocycles. The number of carbonyl (C=O) groups is 1. The van der Waals surface area contributed by atoms with Gasteiger partial charge < -0.3 is 4.74 Å². The summed E-state index contributed by atoms with van der Waals surface area (Å²) >= 11 is 0. The zero-order valence-electron chi connectivity index (χ0n) is 9.61. The normalized spacial score (nSPS) is 10.2. The van der Waals surface area contributed by atoms with E-state index in [0.717, 1.165) is 17.1 Å². The molecule has 0 atom stereocenters. The summed E-state index contributed by atoms with van der Waals surface area (Å²) < 4.78 is 5.67. The van der Waals surface area contributed by atoms with Crippen molar-refractivity contribution in [2.75, 3.05) is 0 Å². The van der Waals surface area contributed by atoms with E-state index in [1.807, 2.05) is 54.6 Å². The van der Waals surface area contributed by atoms with Gasteiger partial charge in [-0.25, -0.2) is 5.43 Å². The molecule has 0 unspecified atom stereocenters. The summed E-state index contributed by atoms with van der Waals surface area (Å²) in [6.45, 7) is 0. The third-order valence-electron chi connectivity index (χ3n) is 2.18. The Morgan fingerprint density at radius 1 is 1.00 bits per heavy atom. The molecule has 2 aromatic carbocycles. The van der Waals surface area contributed by atoms with Gasteiger partial charge >= 0.3 is 0 Å². The quantitative estimate of drug-likeness (QED) is 0.496. The van der Waals surface area contributed by atoms with Crippen LogP contribution >= 0.6 is 0 Å². The molecule has 1 amide bonds. The van der Waals surface area contributed by atoms with Crippen molar-refractivity contribution in [1.82, 2.24) is 5.43 Å². The number of rotatable bonds is 5. The van der Waals surface area contributed by atoms with Crippen LogP contribution in [0.4, 0.5) is 0 Å². The third kappa shape index (κ3) is 3.45. The average Bonchev–Trinajstić information content (AvgIpc) is 2.41. The van der Waals surface area contributed by atoms with Gasteiger partial charge in [0.25, 0.3) is 0 Å². The Morgan fingerprint density at radius 3 is 2.56 bits per heavy atom.